The topological polar surface area (TPSA) is 82.3 Å². The second-order valence-corrected chi connectivity index (χ2v) is 10.1. The molecule has 7 heteroatoms. The fraction of sp³-hybridized carbons (Fsp3) is 0.0645. The van der Waals surface area contributed by atoms with E-state index in [-0.39, 0.29) is 0 Å². The number of nitrogens with one attached hydrogen (secondary N) is 3. The van der Waals surface area contributed by atoms with Crippen LogP contribution in [0.25, 0.3) is 55.4 Å². The molecule has 0 saturated heterocycles. The first-order valence-electron chi connectivity index (χ1n) is 12.5. The normalized spacial score (nSPS) is 11.5. The van der Waals surface area contributed by atoms with Crippen LogP contribution < -0.4 is 5.32 Å². The Kier molecular flexibility index (Phi) is 5.77. The van der Waals surface area contributed by atoms with Gasteiger partial charge >= 0.3 is 0 Å². The maximum atomic E-state index is 4.67. The summed E-state index contributed by atoms with van der Waals surface area (Å²) in [5.41, 5.74) is 10.7. The smallest absolute Gasteiger partial charge is 0.116 e. The van der Waals surface area contributed by atoms with Gasteiger partial charge in [-0.05, 0) is 63.3 Å². The molecule has 0 aliphatic rings. The summed E-state index contributed by atoms with van der Waals surface area (Å²) in [7, 11) is 0. The van der Waals surface area contributed by atoms with Crippen molar-refractivity contribution >= 4 is 33.1 Å². The highest BCUT2D eigenvalue weighted by molar-refractivity contribution is 7.08. The maximum Gasteiger partial charge on any atom is 0.116 e. The van der Waals surface area contributed by atoms with Crippen LogP contribution in [0.4, 0.5) is 0 Å². The Bertz CT molecular complexity index is 1850. The molecule has 3 N–H and O–H groups in total. The van der Waals surface area contributed by atoms with E-state index < -0.39 is 0 Å². The molecule has 5 heterocycles. The van der Waals surface area contributed by atoms with Crippen molar-refractivity contribution in [2.24, 2.45) is 0 Å². The molecule has 0 fully saturated rings. The lowest BCUT2D eigenvalue weighted by atomic mass is 10.0. The minimum atomic E-state index is 0.754. The predicted octanol–water partition coefficient (Wildman–Crippen LogP) is 7.19. The molecule has 0 radical (unpaired) electrons. The Morgan fingerprint density at radius 1 is 0.711 bits per heavy atom. The molecule has 0 unspecified atom stereocenters. The van der Waals surface area contributed by atoms with Crippen molar-refractivity contribution in [3.05, 3.63) is 113 Å². The van der Waals surface area contributed by atoms with Crippen molar-refractivity contribution in [2.45, 2.75) is 13.1 Å². The highest BCUT2D eigenvalue weighted by Gasteiger charge is 2.15. The number of hydrogen-bond donors (Lipinski definition) is 3. The molecule has 0 spiro atoms. The lowest BCUT2D eigenvalue weighted by Crippen LogP contribution is -2.12. The van der Waals surface area contributed by atoms with E-state index >= 15 is 0 Å². The minimum Gasteiger partial charge on any atom is -0.352 e. The van der Waals surface area contributed by atoms with Crippen LogP contribution in [0.15, 0.2) is 102 Å². The highest BCUT2D eigenvalue weighted by atomic mass is 32.1. The minimum absolute atomic E-state index is 0.754. The summed E-state index contributed by atoms with van der Waals surface area (Å²) in [5, 5.41) is 17.8. The summed E-state index contributed by atoms with van der Waals surface area (Å²) in [6.45, 7) is 1.58. The zero-order valence-corrected chi connectivity index (χ0v) is 21.3. The second-order valence-electron chi connectivity index (χ2n) is 9.35. The van der Waals surface area contributed by atoms with E-state index in [4.69, 9.17) is 0 Å². The number of aromatic amines is 2. The molecule has 0 atom stereocenters. The molecule has 0 aliphatic heterocycles. The van der Waals surface area contributed by atoms with Crippen molar-refractivity contribution in [2.75, 3.05) is 0 Å². The third kappa shape index (κ3) is 4.28. The number of hydrogen-bond acceptors (Lipinski definition) is 5. The Morgan fingerprint density at radius 3 is 2.50 bits per heavy atom. The Labute approximate surface area is 223 Å². The molecular weight excluding hydrogens is 488 g/mol. The monoisotopic (exact) mass is 512 g/mol. The average molecular weight is 513 g/mol. The number of fused-ring (bicyclic) bond motifs is 2. The number of H-pyrrole nitrogens is 2. The molecule has 7 aromatic rings. The summed E-state index contributed by atoms with van der Waals surface area (Å²) >= 11 is 1.69. The number of aromatic nitrogens is 5. The molecule has 5 aromatic heterocycles. The fourth-order valence-corrected chi connectivity index (χ4v) is 5.57. The van der Waals surface area contributed by atoms with Crippen LogP contribution in [0.3, 0.4) is 0 Å². The first kappa shape index (κ1) is 22.6. The van der Waals surface area contributed by atoms with Gasteiger partial charge in [0.15, 0.2) is 0 Å². The van der Waals surface area contributed by atoms with Gasteiger partial charge < -0.3 is 10.3 Å². The summed E-state index contributed by atoms with van der Waals surface area (Å²) in [6.07, 6.45) is 7.64. The Morgan fingerprint density at radius 2 is 1.61 bits per heavy atom. The molecule has 184 valence electrons. The van der Waals surface area contributed by atoms with Crippen LogP contribution in [0.2, 0.25) is 0 Å². The molecule has 6 nitrogen and oxygen atoms in total. The lowest BCUT2D eigenvalue weighted by Gasteiger charge is -2.08. The number of pyridine rings is 2. The van der Waals surface area contributed by atoms with Gasteiger partial charge in [-0.1, -0.05) is 36.4 Å². The predicted molar refractivity (Wildman–Crippen MR) is 155 cm³/mol. The van der Waals surface area contributed by atoms with Gasteiger partial charge in [0.25, 0.3) is 0 Å². The van der Waals surface area contributed by atoms with E-state index in [1.165, 1.54) is 11.1 Å². The molecule has 2 aromatic carbocycles. The van der Waals surface area contributed by atoms with E-state index in [9.17, 15) is 0 Å². The number of rotatable bonds is 7. The highest BCUT2D eigenvalue weighted by Crippen LogP contribution is 2.35. The largest absolute Gasteiger partial charge is 0.352 e. The number of benzene rings is 2. The molecular formula is C31H24N6S. The van der Waals surface area contributed by atoms with Gasteiger partial charge in [0.2, 0.25) is 0 Å². The average Bonchev–Trinajstić information content (AvgIpc) is 3.73. The molecule has 0 amide bonds. The molecule has 0 bridgehead atoms. The van der Waals surface area contributed by atoms with Crippen LogP contribution in [-0.2, 0) is 13.1 Å². The third-order valence-electron chi connectivity index (χ3n) is 6.83. The van der Waals surface area contributed by atoms with Crippen molar-refractivity contribution in [1.82, 2.24) is 30.5 Å². The summed E-state index contributed by atoms with van der Waals surface area (Å²) in [5.74, 6) is 0. The van der Waals surface area contributed by atoms with E-state index in [2.05, 4.69) is 102 Å². The van der Waals surface area contributed by atoms with Crippen molar-refractivity contribution in [1.29, 1.82) is 0 Å². The zero-order valence-electron chi connectivity index (χ0n) is 20.5. The van der Waals surface area contributed by atoms with Crippen molar-refractivity contribution < 1.29 is 0 Å². The van der Waals surface area contributed by atoms with E-state index in [1.807, 2.05) is 30.9 Å². The zero-order chi connectivity index (χ0) is 25.3. The van der Waals surface area contributed by atoms with Gasteiger partial charge in [-0.15, -0.1) is 0 Å². The molecule has 0 saturated carbocycles. The van der Waals surface area contributed by atoms with Crippen LogP contribution in [-0.4, -0.2) is 25.1 Å². The molecule has 0 aliphatic carbocycles. The van der Waals surface area contributed by atoms with Gasteiger partial charge in [-0.2, -0.15) is 16.4 Å². The molecule has 7 rings (SSSR count). The fourth-order valence-electron chi connectivity index (χ4n) is 4.91. The number of thiophene rings is 1. The third-order valence-corrected chi connectivity index (χ3v) is 7.51. The van der Waals surface area contributed by atoms with Gasteiger partial charge in [0, 0.05) is 53.6 Å². The van der Waals surface area contributed by atoms with Gasteiger partial charge in [-0.3, -0.25) is 15.1 Å². The van der Waals surface area contributed by atoms with Gasteiger partial charge in [0.1, 0.15) is 5.69 Å². The van der Waals surface area contributed by atoms with E-state index in [1.54, 1.807) is 11.3 Å². The molecule has 38 heavy (non-hydrogen) atoms. The van der Waals surface area contributed by atoms with Crippen LogP contribution >= 0.6 is 11.3 Å². The van der Waals surface area contributed by atoms with Gasteiger partial charge in [0.05, 0.1) is 22.9 Å². The van der Waals surface area contributed by atoms with Crippen LogP contribution in [0.1, 0.15) is 11.1 Å². The van der Waals surface area contributed by atoms with Crippen molar-refractivity contribution in [3.63, 3.8) is 0 Å². The maximum absolute atomic E-state index is 4.67. The van der Waals surface area contributed by atoms with Crippen molar-refractivity contribution in [3.8, 4) is 33.6 Å². The second kappa shape index (κ2) is 9.70. The van der Waals surface area contributed by atoms with E-state index in [0.717, 1.165) is 68.5 Å². The van der Waals surface area contributed by atoms with Crippen LogP contribution in [0.5, 0.6) is 0 Å². The summed E-state index contributed by atoms with van der Waals surface area (Å²) in [4.78, 5) is 12.5. The SMILES string of the molecule is c1ccc(CNCc2cncc(-c3ccc4[nH]nc(-c5cc6c(-c7ccsc7)cncc6[nH]5)c4c3)c2)cc1. The van der Waals surface area contributed by atoms with Gasteiger partial charge in [-0.25, -0.2) is 0 Å². The lowest BCUT2D eigenvalue weighted by molar-refractivity contribution is 0.691. The first-order chi connectivity index (χ1) is 18.8. The van der Waals surface area contributed by atoms with E-state index in [0.29, 0.717) is 0 Å². The summed E-state index contributed by atoms with van der Waals surface area (Å²) < 4.78 is 0. The summed E-state index contributed by atoms with van der Waals surface area (Å²) in [6, 6.07) is 23.3. The standard InChI is InChI=1S/C31H24N6S/c1-2-4-20(5-3-1)13-32-14-21-10-24(16-33-15-21)22-6-7-28-26(11-22)31(37-36-28)29-12-25-27(23-8-9-38-19-23)17-34-18-30(25)35-29/h1-12,15-19,32,35H,13-14H2,(H,36,37). The number of nitrogens with zero attached hydrogens (tertiary/aromatic N) is 3. The van der Waals surface area contributed by atoms with Crippen LogP contribution in [0, 0.1) is 0 Å². The Hall–Kier alpha value is -4.59. The quantitative estimate of drug-likeness (QED) is 0.211. The first-order valence-corrected chi connectivity index (χ1v) is 13.4. The Balaban J connectivity index is 1.20.